The minimum atomic E-state index is -0.280. The summed E-state index contributed by atoms with van der Waals surface area (Å²) in [7, 11) is 0. The molecule has 0 atom stereocenters. The van der Waals surface area contributed by atoms with Crippen LogP contribution in [0.1, 0.15) is 46.4 Å². The summed E-state index contributed by atoms with van der Waals surface area (Å²) in [6, 6.07) is 8.34. The molecule has 0 radical (unpaired) electrons. The third-order valence-electron chi connectivity index (χ3n) is 2.99. The van der Waals surface area contributed by atoms with Crippen molar-refractivity contribution in [2.24, 2.45) is 0 Å². The van der Waals surface area contributed by atoms with Crippen LogP contribution in [0.2, 0.25) is 0 Å². The number of halogens is 1. The number of hydrogen-bond donors (Lipinski definition) is 0. The van der Waals surface area contributed by atoms with Crippen LogP contribution in [-0.4, -0.2) is 5.78 Å². The summed E-state index contributed by atoms with van der Waals surface area (Å²) in [5.74, 6) is -0.318. The Bertz CT molecular complexity index is 620. The Hall–Kier alpha value is -1.48. The number of thiophene rings is 1. The average molecular weight is 276 g/mol. The number of carbonyl (C=O) groups is 1. The average Bonchev–Trinajstić information content (AvgIpc) is 2.81. The van der Waals surface area contributed by atoms with E-state index in [1.165, 1.54) is 22.3 Å². The lowest BCUT2D eigenvalue weighted by Gasteiger charge is -2.15. The fourth-order valence-corrected chi connectivity index (χ4v) is 2.82. The summed E-state index contributed by atoms with van der Waals surface area (Å²) in [5.41, 5.74) is 1.08. The minimum absolute atomic E-state index is 0.0383. The highest BCUT2D eigenvalue weighted by Crippen LogP contribution is 2.30. The first kappa shape index (κ1) is 13.9. The summed E-state index contributed by atoms with van der Waals surface area (Å²) in [6.45, 7) is 8.03. The summed E-state index contributed by atoms with van der Waals surface area (Å²) >= 11 is 1.51. The molecule has 0 amide bonds. The Morgan fingerprint density at radius 1 is 1.16 bits per heavy atom. The maximum absolute atomic E-state index is 13.2. The summed E-state index contributed by atoms with van der Waals surface area (Å²) in [6.07, 6.45) is 0. The van der Waals surface area contributed by atoms with Gasteiger partial charge in [-0.1, -0.05) is 20.8 Å². The molecule has 0 bridgehead atoms. The number of carbonyl (C=O) groups excluding carboxylic acids is 1. The molecule has 100 valence electrons. The van der Waals surface area contributed by atoms with Crippen molar-refractivity contribution in [3.63, 3.8) is 0 Å². The Morgan fingerprint density at radius 2 is 1.84 bits per heavy atom. The lowest BCUT2D eigenvalue weighted by atomic mass is 9.95. The first-order valence-corrected chi connectivity index (χ1v) is 7.02. The number of benzene rings is 1. The van der Waals surface area contributed by atoms with E-state index < -0.39 is 0 Å². The van der Waals surface area contributed by atoms with E-state index >= 15 is 0 Å². The van der Waals surface area contributed by atoms with Crippen molar-refractivity contribution in [2.75, 3.05) is 0 Å². The number of ketones is 1. The largest absolute Gasteiger partial charge is 0.288 e. The van der Waals surface area contributed by atoms with Gasteiger partial charge in [-0.15, -0.1) is 11.3 Å². The van der Waals surface area contributed by atoms with Crippen LogP contribution in [0, 0.1) is 12.7 Å². The van der Waals surface area contributed by atoms with Crippen molar-refractivity contribution >= 4 is 17.1 Å². The molecule has 0 saturated heterocycles. The molecule has 0 N–H and O–H groups in total. The zero-order chi connectivity index (χ0) is 14.2. The third kappa shape index (κ3) is 2.92. The standard InChI is InChI=1S/C16H17FOS/c1-10-9-11(5-6-12(10)17)15(18)13-7-8-14(19-13)16(2,3)4/h5-9H,1-4H3. The lowest BCUT2D eigenvalue weighted by molar-refractivity contribution is 0.104. The molecule has 2 aromatic rings. The topological polar surface area (TPSA) is 17.1 Å². The molecule has 0 aliphatic carbocycles. The zero-order valence-electron chi connectivity index (χ0n) is 11.6. The van der Waals surface area contributed by atoms with Crippen LogP contribution in [-0.2, 0) is 5.41 Å². The maximum Gasteiger partial charge on any atom is 0.202 e. The second-order valence-electron chi connectivity index (χ2n) is 5.71. The van der Waals surface area contributed by atoms with Crippen LogP contribution in [0.25, 0.3) is 0 Å². The first-order valence-electron chi connectivity index (χ1n) is 6.20. The fraction of sp³-hybridized carbons (Fsp3) is 0.312. The van der Waals surface area contributed by atoms with E-state index in [-0.39, 0.29) is 17.0 Å². The number of aryl methyl sites for hydroxylation is 1. The molecular formula is C16H17FOS. The van der Waals surface area contributed by atoms with Crippen molar-refractivity contribution in [1.82, 2.24) is 0 Å². The van der Waals surface area contributed by atoms with Gasteiger partial charge in [0.05, 0.1) is 4.88 Å². The van der Waals surface area contributed by atoms with E-state index in [2.05, 4.69) is 20.8 Å². The Balaban J connectivity index is 2.34. The van der Waals surface area contributed by atoms with E-state index in [0.717, 1.165) is 0 Å². The SMILES string of the molecule is Cc1cc(C(=O)c2ccc(C(C)(C)C)s2)ccc1F. The van der Waals surface area contributed by atoms with Crippen molar-refractivity contribution in [3.8, 4) is 0 Å². The lowest BCUT2D eigenvalue weighted by Crippen LogP contribution is -2.08. The molecule has 1 nitrogen and oxygen atoms in total. The first-order chi connectivity index (χ1) is 8.79. The highest BCUT2D eigenvalue weighted by Gasteiger charge is 2.19. The molecule has 0 saturated carbocycles. The van der Waals surface area contributed by atoms with Gasteiger partial charge in [-0.25, -0.2) is 4.39 Å². The quantitative estimate of drug-likeness (QED) is 0.725. The molecular weight excluding hydrogens is 259 g/mol. The van der Waals surface area contributed by atoms with Crippen LogP contribution < -0.4 is 0 Å². The van der Waals surface area contributed by atoms with Crippen molar-refractivity contribution in [3.05, 3.63) is 57.0 Å². The molecule has 1 heterocycles. The van der Waals surface area contributed by atoms with Crippen molar-refractivity contribution in [1.29, 1.82) is 0 Å². The van der Waals surface area contributed by atoms with Gasteiger partial charge in [-0.3, -0.25) is 4.79 Å². The van der Waals surface area contributed by atoms with Gasteiger partial charge in [0.15, 0.2) is 0 Å². The van der Waals surface area contributed by atoms with E-state index in [9.17, 15) is 9.18 Å². The van der Waals surface area contributed by atoms with Crippen LogP contribution in [0.3, 0.4) is 0 Å². The van der Waals surface area contributed by atoms with E-state index in [1.54, 1.807) is 19.1 Å². The molecule has 3 heteroatoms. The Kier molecular flexibility index (Phi) is 3.59. The van der Waals surface area contributed by atoms with Crippen molar-refractivity contribution < 1.29 is 9.18 Å². The second kappa shape index (κ2) is 4.89. The molecule has 0 aliphatic heterocycles. The van der Waals surface area contributed by atoms with Crippen molar-refractivity contribution in [2.45, 2.75) is 33.1 Å². The summed E-state index contributed by atoms with van der Waals surface area (Å²) in [5, 5.41) is 0. The minimum Gasteiger partial charge on any atom is -0.288 e. The molecule has 1 aromatic carbocycles. The Labute approximate surface area is 117 Å². The van der Waals surface area contributed by atoms with Gasteiger partial charge in [-0.05, 0) is 48.2 Å². The predicted molar refractivity (Wildman–Crippen MR) is 77.6 cm³/mol. The number of hydrogen-bond acceptors (Lipinski definition) is 2. The molecule has 19 heavy (non-hydrogen) atoms. The second-order valence-corrected chi connectivity index (χ2v) is 6.79. The molecule has 0 unspecified atom stereocenters. The molecule has 0 aliphatic rings. The fourth-order valence-electron chi connectivity index (χ4n) is 1.79. The van der Waals surface area contributed by atoms with Gasteiger partial charge in [0, 0.05) is 10.4 Å². The molecule has 1 aromatic heterocycles. The van der Waals surface area contributed by atoms with E-state index in [1.807, 2.05) is 12.1 Å². The smallest absolute Gasteiger partial charge is 0.202 e. The van der Waals surface area contributed by atoms with Gasteiger partial charge in [-0.2, -0.15) is 0 Å². The van der Waals surface area contributed by atoms with Crippen LogP contribution >= 0.6 is 11.3 Å². The van der Waals surface area contributed by atoms with E-state index in [0.29, 0.717) is 16.0 Å². The highest BCUT2D eigenvalue weighted by molar-refractivity contribution is 7.14. The van der Waals surface area contributed by atoms with Gasteiger partial charge < -0.3 is 0 Å². The van der Waals surface area contributed by atoms with Gasteiger partial charge in [0.25, 0.3) is 0 Å². The van der Waals surface area contributed by atoms with Crippen LogP contribution in [0.15, 0.2) is 30.3 Å². The molecule has 0 spiro atoms. The number of rotatable bonds is 2. The third-order valence-corrected chi connectivity index (χ3v) is 4.50. The molecule has 2 rings (SSSR count). The van der Waals surface area contributed by atoms with Crippen LogP contribution in [0.4, 0.5) is 4.39 Å². The Morgan fingerprint density at radius 3 is 2.37 bits per heavy atom. The highest BCUT2D eigenvalue weighted by atomic mass is 32.1. The van der Waals surface area contributed by atoms with Gasteiger partial charge in [0.2, 0.25) is 5.78 Å². The van der Waals surface area contributed by atoms with Gasteiger partial charge >= 0.3 is 0 Å². The van der Waals surface area contributed by atoms with E-state index in [4.69, 9.17) is 0 Å². The van der Waals surface area contributed by atoms with Gasteiger partial charge in [0.1, 0.15) is 5.82 Å². The summed E-state index contributed by atoms with van der Waals surface area (Å²) in [4.78, 5) is 14.2. The molecule has 0 fully saturated rings. The normalized spacial score (nSPS) is 11.6. The zero-order valence-corrected chi connectivity index (χ0v) is 12.4. The maximum atomic E-state index is 13.2. The summed E-state index contributed by atoms with van der Waals surface area (Å²) < 4.78 is 13.2. The van der Waals surface area contributed by atoms with Crippen LogP contribution in [0.5, 0.6) is 0 Å². The predicted octanol–water partition coefficient (Wildman–Crippen LogP) is 4.72. The monoisotopic (exact) mass is 276 g/mol.